The van der Waals surface area contributed by atoms with Crippen molar-refractivity contribution >= 4 is 16.7 Å². The summed E-state index contributed by atoms with van der Waals surface area (Å²) in [5.74, 6) is 0. The summed E-state index contributed by atoms with van der Waals surface area (Å²) in [6.07, 6.45) is 0.643. The summed E-state index contributed by atoms with van der Waals surface area (Å²) in [4.78, 5) is 10.5. The van der Waals surface area contributed by atoms with E-state index in [-0.39, 0.29) is 23.3 Å². The first-order valence-corrected chi connectivity index (χ1v) is 6.67. The van der Waals surface area contributed by atoms with E-state index in [2.05, 4.69) is 36.1 Å². The van der Waals surface area contributed by atoms with E-state index in [9.17, 15) is 10.1 Å². The van der Waals surface area contributed by atoms with Gasteiger partial charge in [-0.1, -0.05) is 0 Å². The molecule has 0 saturated heterocycles. The Morgan fingerprint density at radius 1 is 1.33 bits per heavy atom. The van der Waals surface area contributed by atoms with Gasteiger partial charge in [0.1, 0.15) is 11.6 Å². The smallest absolute Gasteiger partial charge is 0.300 e. The summed E-state index contributed by atoms with van der Waals surface area (Å²) in [5.41, 5.74) is 7.46. The van der Waals surface area contributed by atoms with E-state index in [4.69, 9.17) is 5.73 Å². The Morgan fingerprint density at radius 3 is 2.48 bits per heavy atom. The van der Waals surface area contributed by atoms with Gasteiger partial charge in [0.05, 0.1) is 32.1 Å². The van der Waals surface area contributed by atoms with Crippen LogP contribution in [0, 0.1) is 10.1 Å². The lowest BCUT2D eigenvalue weighted by molar-refractivity contribution is -0.896. The van der Waals surface area contributed by atoms with Crippen LogP contribution in [0.2, 0.25) is 0 Å². The van der Waals surface area contributed by atoms with Gasteiger partial charge in [0.25, 0.3) is 0 Å². The number of nitrogens with two attached hydrogens (primary N) is 1. The topological polar surface area (TPSA) is 108 Å². The zero-order valence-corrected chi connectivity index (χ0v) is 12.6. The van der Waals surface area contributed by atoms with Crippen LogP contribution < -0.4 is 5.73 Å². The summed E-state index contributed by atoms with van der Waals surface area (Å²) in [6.45, 7) is 1.96. The number of rotatable bonds is 5. The number of hydrogen-bond acceptors (Lipinski definition) is 6. The molecule has 0 aliphatic heterocycles. The number of fused-ring (bicyclic) bond motifs is 1. The molecule has 2 N–H and O–H groups in total. The maximum atomic E-state index is 11.0. The number of hydrogen-bond donors (Lipinski definition) is 1. The Bertz CT molecular complexity index is 659. The van der Waals surface area contributed by atoms with Crippen molar-refractivity contribution in [2.45, 2.75) is 25.4 Å². The maximum absolute atomic E-state index is 11.0. The van der Waals surface area contributed by atoms with Crippen molar-refractivity contribution < 1.29 is 14.0 Å². The first-order chi connectivity index (χ1) is 9.71. The minimum absolute atomic E-state index is 0.0323. The second-order valence-electron chi connectivity index (χ2n) is 6.21. The van der Waals surface area contributed by atoms with Gasteiger partial charge >= 0.3 is 5.69 Å². The molecule has 0 aliphatic carbocycles. The summed E-state index contributed by atoms with van der Waals surface area (Å²) in [6, 6.07) is 3.26. The molecule has 1 heterocycles. The number of benzene rings is 1. The molecule has 2 atom stereocenters. The van der Waals surface area contributed by atoms with Gasteiger partial charge in [-0.3, -0.25) is 10.1 Å². The molecular formula is C13H20N5O3+. The van der Waals surface area contributed by atoms with Crippen molar-refractivity contribution in [2.24, 2.45) is 5.73 Å². The molecule has 8 heteroatoms. The highest BCUT2D eigenvalue weighted by Gasteiger charge is 2.30. The Hall–Kier alpha value is -2.06. The fraction of sp³-hybridized carbons (Fsp3) is 0.538. The van der Waals surface area contributed by atoms with Gasteiger partial charge in [-0.2, -0.15) is 0 Å². The molecule has 0 spiro atoms. The number of quaternary nitrogens is 1. The molecule has 0 bridgehead atoms. The Kier molecular flexibility index (Phi) is 3.93. The second kappa shape index (κ2) is 5.38. The highest BCUT2D eigenvalue weighted by molar-refractivity contribution is 5.85. The predicted octanol–water partition coefficient (Wildman–Crippen LogP) is 1.10. The van der Waals surface area contributed by atoms with E-state index in [0.717, 1.165) is 5.56 Å². The Morgan fingerprint density at radius 2 is 1.95 bits per heavy atom. The van der Waals surface area contributed by atoms with E-state index in [1.165, 1.54) is 6.07 Å². The average molecular weight is 294 g/mol. The van der Waals surface area contributed by atoms with Gasteiger partial charge in [-0.15, -0.1) is 0 Å². The van der Waals surface area contributed by atoms with Crippen LogP contribution in [-0.2, 0) is 6.42 Å². The molecule has 2 unspecified atom stereocenters. The number of likely N-dealkylation sites (N-methyl/N-ethyl adjacent to an activating group) is 1. The lowest BCUT2D eigenvalue weighted by atomic mass is 9.97. The molecule has 0 aliphatic rings. The first kappa shape index (κ1) is 15.3. The standard InChI is InChI=1S/C13H20N5O3/c1-8(14)11(18(2,3)4)7-9-5-6-10(17(19)20)13-12(9)15-21-16-13/h5-6,8,11H,7,14H2,1-4H3/q+1. The zero-order chi connectivity index (χ0) is 15.8. The third-order valence-corrected chi connectivity index (χ3v) is 3.71. The maximum Gasteiger partial charge on any atom is 0.300 e. The number of non-ortho nitro benzene ring substituents is 1. The van der Waals surface area contributed by atoms with Crippen LogP contribution in [0.15, 0.2) is 16.8 Å². The van der Waals surface area contributed by atoms with E-state index in [0.29, 0.717) is 16.4 Å². The SMILES string of the molecule is CC(N)C(Cc1ccc([N+](=O)[O-])c2nonc12)[N+](C)(C)C. The summed E-state index contributed by atoms with van der Waals surface area (Å²) < 4.78 is 5.37. The number of aromatic nitrogens is 2. The molecule has 1 aromatic heterocycles. The molecule has 0 fully saturated rings. The lowest BCUT2D eigenvalue weighted by Crippen LogP contribution is -2.54. The predicted molar refractivity (Wildman–Crippen MR) is 77.6 cm³/mol. The van der Waals surface area contributed by atoms with E-state index in [1.807, 2.05) is 6.92 Å². The number of nitrogens with zero attached hydrogens (tertiary/aromatic N) is 4. The molecule has 2 aromatic rings. The summed E-state index contributed by atoms with van der Waals surface area (Å²) >= 11 is 0. The fourth-order valence-electron chi connectivity index (χ4n) is 2.61. The van der Waals surface area contributed by atoms with Crippen LogP contribution in [0.5, 0.6) is 0 Å². The van der Waals surface area contributed by atoms with E-state index in [1.54, 1.807) is 6.07 Å². The van der Waals surface area contributed by atoms with Crippen LogP contribution in [-0.4, -0.2) is 52.9 Å². The van der Waals surface area contributed by atoms with Gasteiger partial charge in [-0.25, -0.2) is 4.63 Å². The van der Waals surface area contributed by atoms with Crippen LogP contribution >= 0.6 is 0 Å². The van der Waals surface area contributed by atoms with Gasteiger partial charge < -0.3 is 10.2 Å². The molecule has 8 nitrogen and oxygen atoms in total. The van der Waals surface area contributed by atoms with Crippen molar-refractivity contribution in [3.8, 4) is 0 Å². The van der Waals surface area contributed by atoms with Crippen molar-refractivity contribution in [3.05, 3.63) is 27.8 Å². The summed E-state index contributed by atoms with van der Waals surface area (Å²) in [7, 11) is 6.20. The number of nitro groups is 1. The molecule has 21 heavy (non-hydrogen) atoms. The second-order valence-corrected chi connectivity index (χ2v) is 6.21. The minimum Gasteiger partial charge on any atom is -0.327 e. The highest BCUT2D eigenvalue weighted by Crippen LogP contribution is 2.27. The van der Waals surface area contributed by atoms with Crippen LogP contribution in [0.4, 0.5) is 5.69 Å². The molecule has 2 rings (SSSR count). The quantitative estimate of drug-likeness (QED) is 0.502. The minimum atomic E-state index is -0.487. The van der Waals surface area contributed by atoms with Crippen molar-refractivity contribution in [3.63, 3.8) is 0 Å². The summed E-state index contributed by atoms with van der Waals surface area (Å²) in [5, 5.41) is 18.5. The highest BCUT2D eigenvalue weighted by atomic mass is 16.6. The molecule has 114 valence electrons. The van der Waals surface area contributed by atoms with Crippen molar-refractivity contribution in [1.29, 1.82) is 0 Å². The fourth-order valence-corrected chi connectivity index (χ4v) is 2.61. The largest absolute Gasteiger partial charge is 0.327 e. The van der Waals surface area contributed by atoms with Gasteiger partial charge in [0.2, 0.25) is 5.52 Å². The van der Waals surface area contributed by atoms with Gasteiger partial charge in [0, 0.05) is 12.5 Å². The monoisotopic (exact) mass is 294 g/mol. The molecule has 0 amide bonds. The third-order valence-electron chi connectivity index (χ3n) is 3.71. The molecule has 0 saturated carbocycles. The number of nitro benzene ring substituents is 1. The van der Waals surface area contributed by atoms with E-state index < -0.39 is 4.92 Å². The van der Waals surface area contributed by atoms with Crippen molar-refractivity contribution in [1.82, 2.24) is 10.3 Å². The van der Waals surface area contributed by atoms with Crippen molar-refractivity contribution in [2.75, 3.05) is 21.1 Å². The van der Waals surface area contributed by atoms with Gasteiger partial charge in [-0.05, 0) is 28.9 Å². The van der Waals surface area contributed by atoms with E-state index >= 15 is 0 Å². The normalized spacial score (nSPS) is 15.1. The third kappa shape index (κ3) is 3.01. The zero-order valence-electron chi connectivity index (χ0n) is 12.6. The van der Waals surface area contributed by atoms with Crippen LogP contribution in [0.1, 0.15) is 12.5 Å². The molecule has 0 radical (unpaired) electrons. The van der Waals surface area contributed by atoms with Crippen LogP contribution in [0.3, 0.4) is 0 Å². The first-order valence-electron chi connectivity index (χ1n) is 6.67. The van der Waals surface area contributed by atoms with Crippen LogP contribution in [0.25, 0.3) is 11.0 Å². The van der Waals surface area contributed by atoms with Gasteiger partial charge in [0.15, 0.2) is 0 Å². The molecular weight excluding hydrogens is 274 g/mol. The Balaban J connectivity index is 2.46. The lowest BCUT2D eigenvalue weighted by Gasteiger charge is -2.36. The average Bonchev–Trinajstić information content (AvgIpc) is 2.82. The Labute approximate surface area is 122 Å². The molecule has 1 aromatic carbocycles.